The van der Waals surface area contributed by atoms with Crippen LogP contribution in [0.15, 0.2) is 82.9 Å². The topological polar surface area (TPSA) is 76.9 Å². The minimum absolute atomic E-state index is 0.0686. The SMILES string of the molecule is CCCCCn1c(SCc2ccccn2)nc2cc(C(=O)NCc3ccccc3)ccc2c1=O. The number of rotatable bonds is 10. The maximum Gasteiger partial charge on any atom is 0.262 e. The molecule has 0 aliphatic heterocycles. The van der Waals surface area contributed by atoms with Crippen molar-refractivity contribution in [1.29, 1.82) is 0 Å². The summed E-state index contributed by atoms with van der Waals surface area (Å²) in [6.07, 6.45) is 4.81. The van der Waals surface area contributed by atoms with Crippen LogP contribution in [0.5, 0.6) is 0 Å². The molecular formula is C27H28N4O2S. The van der Waals surface area contributed by atoms with E-state index < -0.39 is 0 Å². The van der Waals surface area contributed by atoms with Crippen molar-refractivity contribution in [2.45, 2.75) is 50.2 Å². The van der Waals surface area contributed by atoms with Crippen molar-refractivity contribution in [3.05, 3.63) is 100 Å². The molecule has 6 nitrogen and oxygen atoms in total. The molecular weight excluding hydrogens is 444 g/mol. The molecule has 0 radical (unpaired) electrons. The summed E-state index contributed by atoms with van der Waals surface area (Å²) in [7, 11) is 0. The van der Waals surface area contributed by atoms with Gasteiger partial charge in [0.1, 0.15) is 0 Å². The third kappa shape index (κ3) is 5.91. The lowest BCUT2D eigenvalue weighted by molar-refractivity contribution is 0.0951. The van der Waals surface area contributed by atoms with E-state index in [1.54, 1.807) is 29.0 Å². The molecule has 174 valence electrons. The van der Waals surface area contributed by atoms with Gasteiger partial charge < -0.3 is 5.32 Å². The lowest BCUT2D eigenvalue weighted by Gasteiger charge is -2.13. The molecule has 2 aromatic carbocycles. The van der Waals surface area contributed by atoms with Crippen molar-refractivity contribution in [1.82, 2.24) is 19.9 Å². The fourth-order valence-electron chi connectivity index (χ4n) is 3.67. The quantitative estimate of drug-likeness (QED) is 0.195. The van der Waals surface area contributed by atoms with Crippen molar-refractivity contribution in [3.8, 4) is 0 Å². The Bertz CT molecular complexity index is 1310. The van der Waals surface area contributed by atoms with Crippen LogP contribution in [0.3, 0.4) is 0 Å². The first-order chi connectivity index (χ1) is 16.7. The number of hydrogen-bond acceptors (Lipinski definition) is 5. The number of hydrogen-bond donors (Lipinski definition) is 1. The molecule has 1 N–H and O–H groups in total. The number of nitrogens with zero attached hydrogens (tertiary/aromatic N) is 3. The summed E-state index contributed by atoms with van der Waals surface area (Å²) in [4.78, 5) is 35.3. The monoisotopic (exact) mass is 472 g/mol. The first-order valence-electron chi connectivity index (χ1n) is 11.5. The molecule has 0 bridgehead atoms. The Morgan fingerprint density at radius 3 is 2.62 bits per heavy atom. The van der Waals surface area contributed by atoms with Gasteiger partial charge in [-0.2, -0.15) is 0 Å². The Labute approximate surface area is 203 Å². The highest BCUT2D eigenvalue weighted by Crippen LogP contribution is 2.22. The zero-order valence-corrected chi connectivity index (χ0v) is 20.1. The van der Waals surface area contributed by atoms with E-state index >= 15 is 0 Å². The molecule has 0 aliphatic rings. The number of aromatic nitrogens is 3. The number of carbonyl (C=O) groups is 1. The van der Waals surface area contributed by atoms with E-state index in [0.29, 0.717) is 40.5 Å². The third-order valence-corrected chi connectivity index (χ3v) is 6.55. The van der Waals surface area contributed by atoms with Gasteiger partial charge in [0.05, 0.1) is 16.6 Å². The Hall–Kier alpha value is -3.45. The number of unbranched alkanes of at least 4 members (excludes halogenated alkanes) is 2. The Morgan fingerprint density at radius 1 is 1.03 bits per heavy atom. The summed E-state index contributed by atoms with van der Waals surface area (Å²) >= 11 is 1.50. The van der Waals surface area contributed by atoms with Gasteiger partial charge in [0, 0.05) is 30.6 Å². The minimum Gasteiger partial charge on any atom is -0.348 e. The van der Waals surface area contributed by atoms with Gasteiger partial charge >= 0.3 is 0 Å². The predicted molar refractivity (Wildman–Crippen MR) is 137 cm³/mol. The molecule has 4 aromatic rings. The minimum atomic E-state index is -0.192. The highest BCUT2D eigenvalue weighted by molar-refractivity contribution is 7.98. The van der Waals surface area contributed by atoms with Crippen LogP contribution in [0, 0.1) is 0 Å². The molecule has 0 saturated carbocycles. The van der Waals surface area contributed by atoms with E-state index in [1.165, 1.54) is 11.8 Å². The largest absolute Gasteiger partial charge is 0.348 e. The molecule has 0 atom stereocenters. The van der Waals surface area contributed by atoms with E-state index in [2.05, 4.69) is 17.2 Å². The molecule has 2 heterocycles. The summed E-state index contributed by atoms with van der Waals surface area (Å²) < 4.78 is 1.76. The first kappa shape index (κ1) is 23.7. The summed E-state index contributed by atoms with van der Waals surface area (Å²) in [5, 5.41) is 4.12. The average molecular weight is 473 g/mol. The Morgan fingerprint density at radius 2 is 1.85 bits per heavy atom. The van der Waals surface area contributed by atoms with Gasteiger partial charge in [-0.25, -0.2) is 4.98 Å². The van der Waals surface area contributed by atoms with Crippen LogP contribution in [-0.2, 0) is 18.8 Å². The highest BCUT2D eigenvalue weighted by atomic mass is 32.2. The number of carbonyl (C=O) groups excluding carboxylic acids is 1. The zero-order chi connectivity index (χ0) is 23.8. The van der Waals surface area contributed by atoms with Crippen LogP contribution >= 0.6 is 11.8 Å². The lowest BCUT2D eigenvalue weighted by atomic mass is 10.1. The van der Waals surface area contributed by atoms with Gasteiger partial charge in [-0.3, -0.25) is 19.1 Å². The number of benzene rings is 2. The third-order valence-electron chi connectivity index (χ3n) is 5.54. The second-order valence-electron chi connectivity index (χ2n) is 8.07. The highest BCUT2D eigenvalue weighted by Gasteiger charge is 2.14. The van der Waals surface area contributed by atoms with Crippen molar-refractivity contribution < 1.29 is 4.79 Å². The number of nitrogens with one attached hydrogen (secondary N) is 1. The van der Waals surface area contributed by atoms with E-state index in [0.717, 1.165) is 30.5 Å². The summed E-state index contributed by atoms with van der Waals surface area (Å²) in [5.74, 6) is 0.423. The second-order valence-corrected chi connectivity index (χ2v) is 9.01. The molecule has 1 amide bonds. The average Bonchev–Trinajstić information content (AvgIpc) is 2.88. The number of thioether (sulfide) groups is 1. The summed E-state index contributed by atoms with van der Waals surface area (Å²) in [6, 6.07) is 20.7. The fraction of sp³-hybridized carbons (Fsp3) is 0.259. The maximum atomic E-state index is 13.3. The lowest BCUT2D eigenvalue weighted by Crippen LogP contribution is -2.25. The van der Waals surface area contributed by atoms with E-state index in [9.17, 15) is 9.59 Å². The normalized spacial score (nSPS) is 11.0. The van der Waals surface area contributed by atoms with Gasteiger partial charge in [-0.15, -0.1) is 0 Å². The number of amides is 1. The molecule has 0 spiro atoms. The van der Waals surface area contributed by atoms with Gasteiger partial charge in [-0.1, -0.05) is 67.9 Å². The van der Waals surface area contributed by atoms with Crippen molar-refractivity contribution in [2.24, 2.45) is 0 Å². The molecule has 0 unspecified atom stereocenters. The zero-order valence-electron chi connectivity index (χ0n) is 19.2. The standard InChI is InChI=1S/C27H28N4O2S/c1-2-3-9-16-31-26(33)23-14-13-21(25(32)29-18-20-10-5-4-6-11-20)17-24(23)30-27(31)34-19-22-12-7-8-15-28-22/h4-8,10-15,17H,2-3,9,16,18-19H2,1H3,(H,29,32). The van der Waals surface area contributed by atoms with Crippen LogP contribution in [0.25, 0.3) is 10.9 Å². The Balaban J connectivity index is 1.61. The smallest absolute Gasteiger partial charge is 0.262 e. The van der Waals surface area contributed by atoms with Gasteiger partial charge in [0.2, 0.25) is 0 Å². The van der Waals surface area contributed by atoms with Crippen molar-refractivity contribution in [2.75, 3.05) is 0 Å². The molecule has 0 fully saturated rings. The van der Waals surface area contributed by atoms with E-state index in [-0.39, 0.29) is 11.5 Å². The van der Waals surface area contributed by atoms with Crippen LogP contribution < -0.4 is 10.9 Å². The summed E-state index contributed by atoms with van der Waals surface area (Å²) in [6.45, 7) is 3.21. The predicted octanol–water partition coefficient (Wildman–Crippen LogP) is 5.20. The molecule has 34 heavy (non-hydrogen) atoms. The number of pyridine rings is 1. The molecule has 0 saturated heterocycles. The van der Waals surface area contributed by atoms with Crippen molar-refractivity contribution >= 4 is 28.6 Å². The van der Waals surface area contributed by atoms with E-state index in [4.69, 9.17) is 4.98 Å². The summed E-state index contributed by atoms with van der Waals surface area (Å²) in [5.41, 5.74) is 2.90. The molecule has 4 rings (SSSR count). The van der Waals surface area contributed by atoms with E-state index in [1.807, 2.05) is 48.5 Å². The molecule has 0 aliphatic carbocycles. The van der Waals surface area contributed by atoms with Crippen LogP contribution in [0.1, 0.15) is 47.8 Å². The van der Waals surface area contributed by atoms with Crippen molar-refractivity contribution in [3.63, 3.8) is 0 Å². The second kappa shape index (κ2) is 11.6. The Kier molecular flexibility index (Phi) is 8.09. The van der Waals surface area contributed by atoms with Crippen LogP contribution in [0.2, 0.25) is 0 Å². The maximum absolute atomic E-state index is 13.3. The van der Waals surface area contributed by atoms with Gasteiger partial charge in [-0.05, 0) is 42.3 Å². The molecule has 2 aromatic heterocycles. The number of fused-ring (bicyclic) bond motifs is 1. The van der Waals surface area contributed by atoms with Gasteiger partial charge in [0.15, 0.2) is 5.16 Å². The van der Waals surface area contributed by atoms with Gasteiger partial charge in [0.25, 0.3) is 11.5 Å². The van der Waals surface area contributed by atoms with Crippen LogP contribution in [0.4, 0.5) is 0 Å². The molecule has 7 heteroatoms. The first-order valence-corrected chi connectivity index (χ1v) is 12.5. The fourth-order valence-corrected chi connectivity index (χ4v) is 4.61. The van der Waals surface area contributed by atoms with Crippen LogP contribution in [-0.4, -0.2) is 20.4 Å².